The van der Waals surface area contributed by atoms with Crippen LogP contribution >= 0.6 is 0 Å². The Morgan fingerprint density at radius 2 is 1.23 bits per heavy atom. The molecular weight excluding hydrogens is 585 g/mol. The normalized spacial score (nSPS) is 21.8. The van der Waals surface area contributed by atoms with E-state index in [0.29, 0.717) is 29.0 Å². The number of unbranched alkanes of at least 4 members (excludes halogenated alkanes) is 6. The summed E-state index contributed by atoms with van der Waals surface area (Å²) < 4.78 is 45.6. The number of halogens is 3. The monoisotopic (exact) mass is 642 g/mol. The van der Waals surface area contributed by atoms with Crippen LogP contribution in [-0.4, -0.2) is 0 Å². The standard InChI is InChI=1S/C44H57F3/c1-3-5-7-8-9-10-12-14-38-27-30-41(44(47)43(38)46)37-25-23-36(24-26-37)40-29-28-39(31-42(40)45)35-21-19-34(20-22-35)33-17-15-32(16-18-33)13-11-6-4-2/h4,6,23-35H,3,5,7-22H2,1-2H3/b6-4+. The Hall–Kier alpha value is -2.81. The van der Waals surface area contributed by atoms with Crippen molar-refractivity contribution in [2.24, 2.45) is 17.8 Å². The molecule has 3 aromatic rings. The van der Waals surface area contributed by atoms with E-state index in [4.69, 9.17) is 0 Å². The molecule has 0 aromatic heterocycles. The third kappa shape index (κ3) is 9.64. The summed E-state index contributed by atoms with van der Waals surface area (Å²) in [6, 6.07) is 16.3. The Kier molecular flexibility index (Phi) is 13.7. The molecular formula is C44H57F3. The fraction of sp³-hybridized carbons (Fsp3) is 0.545. The summed E-state index contributed by atoms with van der Waals surface area (Å²) in [5, 5.41) is 0. The lowest BCUT2D eigenvalue weighted by Crippen LogP contribution is -2.25. The van der Waals surface area contributed by atoms with E-state index in [0.717, 1.165) is 61.0 Å². The fourth-order valence-corrected chi connectivity index (χ4v) is 8.50. The van der Waals surface area contributed by atoms with Crippen molar-refractivity contribution in [3.8, 4) is 22.3 Å². The Morgan fingerprint density at radius 1 is 0.638 bits per heavy atom. The van der Waals surface area contributed by atoms with Gasteiger partial charge in [-0.25, -0.2) is 13.2 Å². The SMILES string of the molecule is C/C=C/CCC1CCC(C2CCC(c3ccc(-c4ccc(-c5ccc(CCCCCCCCC)c(F)c5F)cc4)c(F)c3)CC2)CC1. The van der Waals surface area contributed by atoms with Crippen LogP contribution < -0.4 is 0 Å². The zero-order valence-electron chi connectivity index (χ0n) is 29.0. The number of rotatable bonds is 15. The second kappa shape index (κ2) is 18.1. The van der Waals surface area contributed by atoms with Gasteiger partial charge in [-0.15, -0.1) is 0 Å². The van der Waals surface area contributed by atoms with Crippen molar-refractivity contribution in [3.05, 3.63) is 95.3 Å². The Labute approximate surface area is 283 Å². The molecule has 0 heterocycles. The third-order valence-corrected chi connectivity index (χ3v) is 11.5. The molecule has 0 nitrogen and oxygen atoms in total. The van der Waals surface area contributed by atoms with Gasteiger partial charge in [0.2, 0.25) is 0 Å². The van der Waals surface area contributed by atoms with E-state index >= 15 is 8.78 Å². The number of hydrogen-bond donors (Lipinski definition) is 0. The van der Waals surface area contributed by atoms with Gasteiger partial charge in [0, 0.05) is 11.1 Å². The lowest BCUT2D eigenvalue weighted by Gasteiger charge is -2.38. The number of hydrogen-bond acceptors (Lipinski definition) is 0. The molecule has 0 amide bonds. The topological polar surface area (TPSA) is 0 Å². The quantitative estimate of drug-likeness (QED) is 0.114. The second-order valence-electron chi connectivity index (χ2n) is 14.6. The van der Waals surface area contributed by atoms with Crippen LogP contribution in [0.25, 0.3) is 22.3 Å². The van der Waals surface area contributed by atoms with Crippen LogP contribution in [0.5, 0.6) is 0 Å². The second-order valence-corrected chi connectivity index (χ2v) is 14.6. The van der Waals surface area contributed by atoms with Crippen molar-refractivity contribution in [1.29, 1.82) is 0 Å². The van der Waals surface area contributed by atoms with Crippen LogP contribution in [0.2, 0.25) is 0 Å². The van der Waals surface area contributed by atoms with Gasteiger partial charge in [-0.05, 0) is 123 Å². The number of benzene rings is 3. The molecule has 3 aromatic carbocycles. The van der Waals surface area contributed by atoms with E-state index in [1.165, 1.54) is 77.0 Å². The minimum atomic E-state index is -0.795. The van der Waals surface area contributed by atoms with Gasteiger partial charge in [0.15, 0.2) is 11.6 Å². The first-order valence-corrected chi connectivity index (χ1v) is 19.0. The average Bonchev–Trinajstić information content (AvgIpc) is 3.10. The molecule has 0 N–H and O–H groups in total. The van der Waals surface area contributed by atoms with E-state index in [9.17, 15) is 4.39 Å². The van der Waals surface area contributed by atoms with E-state index in [1.807, 2.05) is 18.2 Å². The molecule has 0 radical (unpaired) electrons. The summed E-state index contributed by atoms with van der Waals surface area (Å²) >= 11 is 0. The van der Waals surface area contributed by atoms with Crippen molar-refractivity contribution in [2.75, 3.05) is 0 Å². The Balaban J connectivity index is 1.13. The highest BCUT2D eigenvalue weighted by molar-refractivity contribution is 5.71. The van der Waals surface area contributed by atoms with Crippen LogP contribution in [0.1, 0.15) is 140 Å². The Bertz CT molecular complexity index is 1400. The first-order valence-electron chi connectivity index (χ1n) is 19.0. The van der Waals surface area contributed by atoms with Crippen molar-refractivity contribution in [2.45, 2.75) is 135 Å². The molecule has 3 heteroatoms. The highest BCUT2D eigenvalue weighted by Gasteiger charge is 2.31. The maximum absolute atomic E-state index is 15.5. The van der Waals surface area contributed by atoms with Crippen molar-refractivity contribution >= 4 is 0 Å². The van der Waals surface area contributed by atoms with Crippen LogP contribution in [0.3, 0.4) is 0 Å². The molecule has 0 spiro atoms. The Morgan fingerprint density at radius 3 is 1.87 bits per heavy atom. The van der Waals surface area contributed by atoms with Gasteiger partial charge in [0.1, 0.15) is 5.82 Å². The van der Waals surface area contributed by atoms with Crippen LogP contribution in [0.4, 0.5) is 13.2 Å². The van der Waals surface area contributed by atoms with Gasteiger partial charge in [0.25, 0.3) is 0 Å². The average molecular weight is 643 g/mol. The highest BCUT2D eigenvalue weighted by Crippen LogP contribution is 2.45. The predicted octanol–water partition coefficient (Wildman–Crippen LogP) is 14.2. The zero-order chi connectivity index (χ0) is 33.0. The summed E-state index contributed by atoms with van der Waals surface area (Å²) in [5.74, 6) is 1.32. The highest BCUT2D eigenvalue weighted by atomic mass is 19.2. The lowest BCUT2D eigenvalue weighted by molar-refractivity contribution is 0.157. The minimum Gasteiger partial charge on any atom is -0.206 e. The summed E-state index contributed by atoms with van der Waals surface area (Å²) in [6.45, 7) is 4.32. The summed E-state index contributed by atoms with van der Waals surface area (Å²) in [7, 11) is 0. The van der Waals surface area contributed by atoms with Gasteiger partial charge >= 0.3 is 0 Å². The number of aryl methyl sites for hydroxylation is 1. The smallest absolute Gasteiger partial charge is 0.166 e. The summed E-state index contributed by atoms with van der Waals surface area (Å²) in [4.78, 5) is 0. The number of allylic oxidation sites excluding steroid dienone is 2. The first-order chi connectivity index (χ1) is 23.0. The van der Waals surface area contributed by atoms with E-state index in [2.05, 4.69) is 32.1 Å². The zero-order valence-corrected chi connectivity index (χ0v) is 29.0. The van der Waals surface area contributed by atoms with Gasteiger partial charge < -0.3 is 0 Å². The van der Waals surface area contributed by atoms with Crippen LogP contribution in [-0.2, 0) is 6.42 Å². The minimum absolute atomic E-state index is 0.208. The molecule has 0 aliphatic heterocycles. The molecule has 0 unspecified atom stereocenters. The molecule has 5 rings (SSSR count). The molecule has 0 saturated heterocycles. The fourth-order valence-electron chi connectivity index (χ4n) is 8.50. The maximum atomic E-state index is 15.5. The molecule has 2 saturated carbocycles. The predicted molar refractivity (Wildman–Crippen MR) is 193 cm³/mol. The molecule has 2 aliphatic carbocycles. The molecule has 254 valence electrons. The van der Waals surface area contributed by atoms with Gasteiger partial charge in [-0.3, -0.25) is 0 Å². The largest absolute Gasteiger partial charge is 0.206 e. The van der Waals surface area contributed by atoms with Crippen LogP contribution in [0, 0.1) is 35.2 Å². The maximum Gasteiger partial charge on any atom is 0.166 e. The van der Waals surface area contributed by atoms with Crippen molar-refractivity contribution < 1.29 is 13.2 Å². The lowest BCUT2D eigenvalue weighted by atomic mass is 9.68. The molecule has 47 heavy (non-hydrogen) atoms. The van der Waals surface area contributed by atoms with Gasteiger partial charge in [0.05, 0.1) is 0 Å². The summed E-state index contributed by atoms with van der Waals surface area (Å²) in [6.07, 6.45) is 26.1. The van der Waals surface area contributed by atoms with Crippen molar-refractivity contribution in [3.63, 3.8) is 0 Å². The molecule has 0 bridgehead atoms. The first kappa shape index (κ1) is 35.5. The molecule has 0 atom stereocenters. The van der Waals surface area contributed by atoms with Gasteiger partial charge in [-0.2, -0.15) is 0 Å². The van der Waals surface area contributed by atoms with Gasteiger partial charge in [-0.1, -0.05) is 119 Å². The third-order valence-electron chi connectivity index (χ3n) is 11.5. The van der Waals surface area contributed by atoms with Crippen molar-refractivity contribution in [1.82, 2.24) is 0 Å². The molecule has 2 aliphatic rings. The van der Waals surface area contributed by atoms with E-state index in [1.54, 1.807) is 30.3 Å². The molecule has 2 fully saturated rings. The van der Waals surface area contributed by atoms with Crippen LogP contribution in [0.15, 0.2) is 66.7 Å². The van der Waals surface area contributed by atoms with E-state index in [-0.39, 0.29) is 11.4 Å². The summed E-state index contributed by atoms with van der Waals surface area (Å²) in [5.41, 5.74) is 3.72. The van der Waals surface area contributed by atoms with E-state index < -0.39 is 11.6 Å².